The van der Waals surface area contributed by atoms with Crippen LogP contribution in [0.5, 0.6) is 5.75 Å². The number of anilines is 2. The number of alkyl halides is 3. The largest absolute Gasteiger partial charge is 1.00 e. The molecule has 0 saturated heterocycles. The number of fused-ring (bicyclic) bond motifs is 1. The minimum Gasteiger partial charge on any atom is -0.870 e. The fraction of sp³-hybridized carbons (Fsp3) is 0.296. The zero-order valence-electron chi connectivity index (χ0n) is 22.7. The standard InChI is InChI=1S/C27H24Cl2F3N3O5.Li.2H2O/c28-19-12-17(40-27(30,31)32)13-20(29)23(19)35-26(39)33-21-11-16-9-5-4-8-15(16)10-18(21)24(36)34-22(25(37)38)14-6-2-1-3-7-14;;;/h4-5,8-14,22H,1-3,6-7H2,(H,34,36)(H,37,38)(H2,33,35,39);;2*1H2/q;+1;;/p-1/t22-;;;/m0.../s1. The molecule has 0 unspecified atom stereocenters. The third-order valence-electron chi connectivity index (χ3n) is 6.54. The quantitative estimate of drug-likeness (QED) is 0.288. The van der Waals surface area contributed by atoms with Gasteiger partial charge in [-0.1, -0.05) is 66.7 Å². The number of urea groups is 1. The predicted molar refractivity (Wildman–Crippen MR) is 151 cm³/mol. The van der Waals surface area contributed by atoms with Gasteiger partial charge in [-0.2, -0.15) is 0 Å². The number of nitrogens with one attached hydrogen (secondary N) is 3. The van der Waals surface area contributed by atoms with Gasteiger partial charge in [-0.3, -0.25) is 4.79 Å². The molecule has 4 rings (SSSR count). The number of ether oxygens (including phenoxy) is 1. The Morgan fingerprint density at radius 2 is 1.49 bits per heavy atom. The molecule has 0 heterocycles. The van der Waals surface area contributed by atoms with Crippen molar-refractivity contribution in [1.82, 2.24) is 5.32 Å². The number of rotatable bonds is 7. The predicted octanol–water partition coefficient (Wildman–Crippen LogP) is 3.46. The van der Waals surface area contributed by atoms with Crippen LogP contribution in [0, 0.1) is 5.92 Å². The third-order valence-corrected chi connectivity index (χ3v) is 7.14. The summed E-state index contributed by atoms with van der Waals surface area (Å²) in [6.07, 6.45) is -0.851. The van der Waals surface area contributed by atoms with Gasteiger partial charge in [0.25, 0.3) is 5.91 Å². The Bertz CT molecular complexity index is 1430. The first-order valence-corrected chi connectivity index (χ1v) is 13.1. The van der Waals surface area contributed by atoms with Crippen LogP contribution < -0.4 is 39.5 Å². The molecule has 0 radical (unpaired) electrons. The first-order valence-electron chi connectivity index (χ1n) is 12.3. The zero-order chi connectivity index (χ0) is 29.0. The van der Waals surface area contributed by atoms with Gasteiger partial charge in [0.05, 0.1) is 27.0 Å². The first-order chi connectivity index (χ1) is 18.9. The Hall–Kier alpha value is -3.18. The number of hydrogen-bond donors (Lipinski definition) is 4. The van der Waals surface area contributed by atoms with Crippen molar-refractivity contribution < 1.29 is 67.2 Å². The van der Waals surface area contributed by atoms with Crippen molar-refractivity contribution in [2.45, 2.75) is 44.5 Å². The number of carbonyl (C=O) groups excluding carboxylic acids is 2. The molecule has 43 heavy (non-hydrogen) atoms. The van der Waals surface area contributed by atoms with E-state index in [0.29, 0.717) is 23.6 Å². The molecule has 0 aliphatic heterocycles. The molecule has 1 fully saturated rings. The normalized spacial score (nSPS) is 13.8. The average Bonchev–Trinajstić information content (AvgIpc) is 2.88. The minimum atomic E-state index is -4.97. The van der Waals surface area contributed by atoms with Crippen LogP contribution in [0.4, 0.5) is 29.3 Å². The summed E-state index contributed by atoms with van der Waals surface area (Å²) in [7, 11) is 0. The molecule has 1 saturated carbocycles. The monoisotopic (exact) mass is 639 g/mol. The summed E-state index contributed by atoms with van der Waals surface area (Å²) in [5, 5.41) is 18.0. The average molecular weight is 640 g/mol. The number of benzene rings is 3. The third kappa shape index (κ3) is 9.92. The van der Waals surface area contributed by atoms with E-state index in [1.807, 2.05) is 0 Å². The number of aliphatic carboxylic acids is 1. The van der Waals surface area contributed by atoms with E-state index in [1.54, 1.807) is 30.3 Å². The zero-order valence-corrected chi connectivity index (χ0v) is 24.2. The first kappa shape index (κ1) is 37.8. The van der Waals surface area contributed by atoms with Crippen molar-refractivity contribution in [3.8, 4) is 5.75 Å². The summed E-state index contributed by atoms with van der Waals surface area (Å²) in [6.45, 7) is 0. The van der Waals surface area contributed by atoms with Gasteiger partial charge >= 0.3 is 37.2 Å². The SMILES string of the molecule is O.O=C(Nc1cc2ccccc2cc1C(=O)N[C@H](C(=O)O)C1CCCCC1)Nc1c(Cl)cc(OC(F)(F)F)cc1Cl.[Li+].[OH-]. The summed E-state index contributed by atoms with van der Waals surface area (Å²) >= 11 is 12.1. The number of hydrogen-bond acceptors (Lipinski definition) is 5. The molecule has 1 aliphatic carbocycles. The van der Waals surface area contributed by atoms with E-state index < -0.39 is 36.1 Å². The summed E-state index contributed by atoms with van der Waals surface area (Å²) in [5.74, 6) is -2.73. The maximum absolute atomic E-state index is 13.4. The van der Waals surface area contributed by atoms with Crippen molar-refractivity contribution in [2.75, 3.05) is 10.6 Å². The second-order valence-corrected chi connectivity index (χ2v) is 10.1. The molecule has 3 amide bonds. The maximum atomic E-state index is 13.4. The van der Waals surface area contributed by atoms with Gasteiger partial charge in [0.15, 0.2) is 0 Å². The van der Waals surface area contributed by atoms with Gasteiger partial charge in [0.2, 0.25) is 0 Å². The van der Waals surface area contributed by atoms with Crippen LogP contribution in [0.15, 0.2) is 48.5 Å². The maximum Gasteiger partial charge on any atom is 1.00 e. The number of amides is 3. The van der Waals surface area contributed by atoms with Crippen molar-refractivity contribution in [2.24, 2.45) is 5.92 Å². The summed E-state index contributed by atoms with van der Waals surface area (Å²) < 4.78 is 41.5. The van der Waals surface area contributed by atoms with Crippen molar-refractivity contribution in [3.63, 3.8) is 0 Å². The van der Waals surface area contributed by atoms with Gasteiger partial charge in [-0.25, -0.2) is 9.59 Å². The molecule has 10 nitrogen and oxygen atoms in total. The number of halogens is 5. The van der Waals surface area contributed by atoms with E-state index in [-0.39, 0.29) is 62.7 Å². The smallest absolute Gasteiger partial charge is 0.870 e. The van der Waals surface area contributed by atoms with Gasteiger partial charge in [0, 0.05) is 12.1 Å². The van der Waals surface area contributed by atoms with Crippen LogP contribution in [-0.2, 0) is 4.79 Å². The molecule has 1 atom stereocenters. The fourth-order valence-corrected chi connectivity index (χ4v) is 5.29. The molecule has 16 heteroatoms. The molecule has 3 aromatic carbocycles. The van der Waals surface area contributed by atoms with Crippen LogP contribution in [0.2, 0.25) is 10.0 Å². The van der Waals surface area contributed by atoms with Gasteiger partial charge < -0.3 is 36.7 Å². The van der Waals surface area contributed by atoms with E-state index in [1.165, 1.54) is 6.07 Å². The fourth-order valence-electron chi connectivity index (χ4n) is 4.73. The van der Waals surface area contributed by atoms with E-state index in [0.717, 1.165) is 31.4 Å². The van der Waals surface area contributed by atoms with Crippen LogP contribution in [-0.4, -0.2) is 46.4 Å². The number of carbonyl (C=O) groups is 3. The Kier molecular flexibility index (Phi) is 14.1. The van der Waals surface area contributed by atoms with Crippen LogP contribution in [0.1, 0.15) is 42.5 Å². The summed E-state index contributed by atoms with van der Waals surface area (Å²) in [5.41, 5.74) is -0.113. The van der Waals surface area contributed by atoms with Crippen LogP contribution in [0.25, 0.3) is 10.8 Å². The molecule has 3 aromatic rings. The van der Waals surface area contributed by atoms with E-state index in [4.69, 9.17) is 23.2 Å². The second-order valence-electron chi connectivity index (χ2n) is 9.32. The molecular formula is C27H27Cl2F3LiN3O7. The second kappa shape index (κ2) is 16.0. The van der Waals surface area contributed by atoms with Crippen molar-refractivity contribution >= 4 is 63.3 Å². The number of carboxylic acids is 1. The van der Waals surface area contributed by atoms with Crippen LogP contribution in [0.3, 0.4) is 0 Å². The summed E-state index contributed by atoms with van der Waals surface area (Å²) in [4.78, 5) is 38.3. The summed E-state index contributed by atoms with van der Waals surface area (Å²) in [6, 6.07) is 9.79. The molecule has 1 aliphatic rings. The minimum absolute atomic E-state index is 0. The molecule has 0 aromatic heterocycles. The van der Waals surface area contributed by atoms with Crippen LogP contribution >= 0.6 is 23.2 Å². The molecule has 228 valence electrons. The Morgan fingerprint density at radius 3 is 2.02 bits per heavy atom. The van der Waals surface area contributed by atoms with Gasteiger partial charge in [-0.15, -0.1) is 13.2 Å². The molecule has 0 bridgehead atoms. The Labute approximate surface area is 266 Å². The Morgan fingerprint density at radius 1 is 0.930 bits per heavy atom. The topological polar surface area (TPSA) is 178 Å². The molecule has 7 N–H and O–H groups in total. The molecule has 0 spiro atoms. The van der Waals surface area contributed by atoms with E-state index in [2.05, 4.69) is 20.7 Å². The number of carboxylic acid groups (broad SMARTS) is 1. The van der Waals surface area contributed by atoms with Gasteiger partial charge in [0.1, 0.15) is 11.8 Å². The Balaban J connectivity index is 0.00000308. The van der Waals surface area contributed by atoms with Crippen molar-refractivity contribution in [1.29, 1.82) is 0 Å². The van der Waals surface area contributed by atoms with E-state index in [9.17, 15) is 32.7 Å². The van der Waals surface area contributed by atoms with Crippen molar-refractivity contribution in [3.05, 3.63) is 64.1 Å². The van der Waals surface area contributed by atoms with E-state index >= 15 is 0 Å². The van der Waals surface area contributed by atoms with Gasteiger partial charge in [-0.05, 0) is 41.7 Å². The molecular weight excluding hydrogens is 613 g/mol.